The number of amides is 1. The average Bonchev–Trinajstić information content (AvgIpc) is 3.25. The molecule has 0 spiro atoms. The first-order valence-electron chi connectivity index (χ1n) is 12.1. The van der Waals surface area contributed by atoms with Gasteiger partial charge in [-0.3, -0.25) is 14.0 Å². The number of rotatable bonds is 6. The zero-order valence-corrected chi connectivity index (χ0v) is 21.4. The predicted molar refractivity (Wildman–Crippen MR) is 142 cm³/mol. The second-order valence-corrected chi connectivity index (χ2v) is 11.5. The fourth-order valence-electron chi connectivity index (χ4n) is 5.54. The average molecular weight is 515 g/mol. The third kappa shape index (κ3) is 4.97. The number of aryl methyl sites for hydroxylation is 1. The van der Waals surface area contributed by atoms with E-state index in [9.17, 15) is 9.00 Å². The largest absolute Gasteiger partial charge is 0.398 e. The maximum absolute atomic E-state index is 12.6. The SMILES string of the molecule is CS(=O)CCNC(=O)c1ccc2c(c1)CC[C@H]1C2=NN(c2ccc(N)c(Cl)c2)[C@H]1C1CCOCC1. The van der Waals surface area contributed by atoms with E-state index in [0.717, 1.165) is 61.4 Å². The van der Waals surface area contributed by atoms with Gasteiger partial charge in [0, 0.05) is 59.6 Å². The number of hydrogen-bond donors (Lipinski definition) is 2. The smallest absolute Gasteiger partial charge is 0.251 e. The highest BCUT2D eigenvalue weighted by Crippen LogP contribution is 2.43. The van der Waals surface area contributed by atoms with Crippen molar-refractivity contribution in [3.8, 4) is 0 Å². The van der Waals surface area contributed by atoms with Gasteiger partial charge in [-0.15, -0.1) is 0 Å². The number of carbonyl (C=O) groups excluding carboxylic acids is 1. The number of anilines is 2. The van der Waals surface area contributed by atoms with Crippen molar-refractivity contribution in [1.82, 2.24) is 5.32 Å². The molecule has 186 valence electrons. The minimum Gasteiger partial charge on any atom is -0.398 e. The second-order valence-electron chi connectivity index (χ2n) is 9.53. The van der Waals surface area contributed by atoms with Crippen LogP contribution in [0, 0.1) is 11.8 Å². The lowest BCUT2D eigenvalue weighted by Crippen LogP contribution is -2.43. The lowest BCUT2D eigenvalue weighted by atomic mass is 9.73. The summed E-state index contributed by atoms with van der Waals surface area (Å²) in [7, 11) is -0.930. The molecule has 5 rings (SSSR count). The lowest BCUT2D eigenvalue weighted by molar-refractivity contribution is 0.0543. The maximum Gasteiger partial charge on any atom is 0.251 e. The molecule has 1 unspecified atom stereocenters. The molecule has 1 fully saturated rings. The Morgan fingerprint density at radius 2 is 2.03 bits per heavy atom. The predicted octanol–water partition coefficient (Wildman–Crippen LogP) is 3.61. The highest BCUT2D eigenvalue weighted by molar-refractivity contribution is 7.84. The van der Waals surface area contributed by atoms with Crippen LogP contribution in [-0.4, -0.2) is 53.6 Å². The van der Waals surface area contributed by atoms with Crippen LogP contribution in [0.2, 0.25) is 5.02 Å². The molecule has 9 heteroatoms. The van der Waals surface area contributed by atoms with Gasteiger partial charge < -0.3 is 15.8 Å². The molecule has 0 aromatic heterocycles. The van der Waals surface area contributed by atoms with Gasteiger partial charge in [-0.25, -0.2) is 0 Å². The molecular weight excluding hydrogens is 484 g/mol. The van der Waals surface area contributed by atoms with Crippen LogP contribution in [0.4, 0.5) is 11.4 Å². The standard InChI is InChI=1S/C26H31ClN4O3S/c1-35(33)13-10-29-26(32)18-3-5-20-17(14-18)2-6-21-24(20)30-31(19-4-7-23(28)22(27)15-19)25(21)16-8-11-34-12-9-16/h3-5,7,14-16,21,25H,2,6,8-13,28H2,1H3,(H,29,32)/t21-,25-,35?/m0/s1. The van der Waals surface area contributed by atoms with Gasteiger partial charge in [-0.2, -0.15) is 5.10 Å². The number of benzene rings is 2. The third-order valence-electron chi connectivity index (χ3n) is 7.30. The summed E-state index contributed by atoms with van der Waals surface area (Å²) in [4.78, 5) is 12.6. The first-order valence-corrected chi connectivity index (χ1v) is 14.2. The Balaban J connectivity index is 1.46. The summed E-state index contributed by atoms with van der Waals surface area (Å²) in [6.45, 7) is 1.96. The van der Waals surface area contributed by atoms with Crippen LogP contribution in [-0.2, 0) is 22.0 Å². The van der Waals surface area contributed by atoms with Gasteiger partial charge in [0.2, 0.25) is 0 Å². The number of nitrogens with one attached hydrogen (secondary N) is 1. The molecule has 2 heterocycles. The van der Waals surface area contributed by atoms with Crippen molar-refractivity contribution in [2.75, 3.05) is 42.5 Å². The molecule has 3 aliphatic rings. The van der Waals surface area contributed by atoms with E-state index in [0.29, 0.717) is 40.4 Å². The molecule has 2 aromatic rings. The molecule has 1 amide bonds. The van der Waals surface area contributed by atoms with E-state index in [-0.39, 0.29) is 11.9 Å². The van der Waals surface area contributed by atoms with E-state index in [1.54, 1.807) is 6.26 Å². The number of ether oxygens (including phenoxy) is 1. The van der Waals surface area contributed by atoms with Crippen LogP contribution in [0.25, 0.3) is 0 Å². The molecule has 2 aliphatic heterocycles. The summed E-state index contributed by atoms with van der Waals surface area (Å²) in [5, 5.41) is 10.7. The number of nitrogen functional groups attached to an aromatic ring is 1. The molecule has 3 N–H and O–H groups in total. The highest BCUT2D eigenvalue weighted by atomic mass is 35.5. The van der Waals surface area contributed by atoms with Crippen LogP contribution in [0.1, 0.15) is 40.7 Å². The van der Waals surface area contributed by atoms with E-state index in [2.05, 4.69) is 10.3 Å². The Kier molecular flexibility index (Phi) is 7.14. The normalized spacial score (nSPS) is 22.8. The van der Waals surface area contributed by atoms with Gasteiger partial charge in [0.25, 0.3) is 5.91 Å². The summed E-state index contributed by atoms with van der Waals surface area (Å²) in [5.74, 6) is 1.10. The fraction of sp³-hybridized carbons (Fsp3) is 0.462. The third-order valence-corrected chi connectivity index (χ3v) is 8.41. The molecule has 0 radical (unpaired) electrons. The molecular formula is C26H31ClN4O3S. The lowest BCUT2D eigenvalue weighted by Gasteiger charge is -2.37. The van der Waals surface area contributed by atoms with E-state index < -0.39 is 10.8 Å². The van der Waals surface area contributed by atoms with Crippen molar-refractivity contribution in [3.63, 3.8) is 0 Å². The zero-order chi connectivity index (χ0) is 24.5. The summed E-state index contributed by atoms with van der Waals surface area (Å²) in [6, 6.07) is 11.9. The monoisotopic (exact) mass is 514 g/mol. The van der Waals surface area contributed by atoms with Crippen LogP contribution in [0.15, 0.2) is 41.5 Å². The Labute approximate surface area is 213 Å². The van der Waals surface area contributed by atoms with Crippen molar-refractivity contribution in [1.29, 1.82) is 0 Å². The molecule has 2 aromatic carbocycles. The Morgan fingerprint density at radius 3 is 2.77 bits per heavy atom. The van der Waals surface area contributed by atoms with Crippen molar-refractivity contribution in [2.24, 2.45) is 16.9 Å². The van der Waals surface area contributed by atoms with Crippen LogP contribution in [0.5, 0.6) is 0 Å². The Bertz CT molecular complexity index is 1180. The van der Waals surface area contributed by atoms with Crippen molar-refractivity contribution < 1.29 is 13.7 Å². The maximum atomic E-state index is 12.6. The van der Waals surface area contributed by atoms with E-state index in [4.69, 9.17) is 27.2 Å². The number of halogens is 1. The summed E-state index contributed by atoms with van der Waals surface area (Å²) >= 11 is 6.39. The molecule has 1 saturated heterocycles. The van der Waals surface area contributed by atoms with Crippen molar-refractivity contribution in [2.45, 2.75) is 31.7 Å². The number of hydrogen-bond acceptors (Lipinski definition) is 6. The first-order chi connectivity index (χ1) is 16.9. The van der Waals surface area contributed by atoms with Gasteiger partial charge in [-0.05, 0) is 67.5 Å². The van der Waals surface area contributed by atoms with Gasteiger partial charge in [0.05, 0.1) is 28.2 Å². The molecule has 7 nitrogen and oxygen atoms in total. The van der Waals surface area contributed by atoms with Gasteiger partial charge in [0.15, 0.2) is 0 Å². The Morgan fingerprint density at radius 1 is 1.23 bits per heavy atom. The number of fused-ring (bicyclic) bond motifs is 3. The van der Waals surface area contributed by atoms with E-state index >= 15 is 0 Å². The molecule has 3 atom stereocenters. The van der Waals surface area contributed by atoms with Crippen LogP contribution >= 0.6 is 11.6 Å². The van der Waals surface area contributed by atoms with Crippen molar-refractivity contribution >= 4 is 45.4 Å². The van der Waals surface area contributed by atoms with Gasteiger partial charge in [-0.1, -0.05) is 17.7 Å². The molecule has 0 bridgehead atoms. The zero-order valence-electron chi connectivity index (χ0n) is 19.8. The number of nitrogens with zero attached hydrogens (tertiary/aromatic N) is 2. The number of carbonyl (C=O) groups is 1. The van der Waals surface area contributed by atoms with Crippen LogP contribution in [0.3, 0.4) is 0 Å². The van der Waals surface area contributed by atoms with Crippen LogP contribution < -0.4 is 16.1 Å². The Hall–Kier alpha value is -2.42. The van der Waals surface area contributed by atoms with Crippen molar-refractivity contribution in [3.05, 3.63) is 58.1 Å². The topological polar surface area (TPSA) is 97.0 Å². The second kappa shape index (κ2) is 10.3. The fourth-order valence-corrected chi connectivity index (χ4v) is 6.10. The minimum atomic E-state index is -0.930. The summed E-state index contributed by atoms with van der Waals surface area (Å²) < 4.78 is 16.9. The summed E-state index contributed by atoms with van der Waals surface area (Å²) in [6.07, 6.45) is 5.54. The number of hydrazone groups is 1. The molecule has 0 saturated carbocycles. The van der Waals surface area contributed by atoms with E-state index in [1.165, 1.54) is 0 Å². The number of nitrogens with two attached hydrogens (primary N) is 1. The highest BCUT2D eigenvalue weighted by Gasteiger charge is 2.45. The first kappa shape index (κ1) is 24.3. The minimum absolute atomic E-state index is 0.132. The van der Waals surface area contributed by atoms with E-state index in [1.807, 2.05) is 36.4 Å². The molecule has 35 heavy (non-hydrogen) atoms. The molecule has 1 aliphatic carbocycles. The van der Waals surface area contributed by atoms with Gasteiger partial charge >= 0.3 is 0 Å². The summed E-state index contributed by atoms with van der Waals surface area (Å²) in [5.41, 5.74) is 11.5. The van der Waals surface area contributed by atoms with Gasteiger partial charge in [0.1, 0.15) is 0 Å². The quantitative estimate of drug-likeness (QED) is 0.574.